The van der Waals surface area contributed by atoms with E-state index in [9.17, 15) is 4.79 Å². The van der Waals surface area contributed by atoms with Crippen molar-refractivity contribution in [1.29, 1.82) is 0 Å². The molecule has 1 aliphatic rings. The largest absolute Gasteiger partial charge is 0.398 e. The zero-order chi connectivity index (χ0) is 13.3. The number of ether oxygens (including phenoxy) is 1. The first-order valence-corrected chi connectivity index (χ1v) is 7.33. The number of nitrogens with two attached hydrogens (primary N) is 2. The highest BCUT2D eigenvalue weighted by atomic mass is 79.9. The first kappa shape index (κ1) is 13.7. The van der Waals surface area contributed by atoms with E-state index in [1.807, 2.05) is 0 Å². The molecule has 1 heterocycles. The van der Waals surface area contributed by atoms with Crippen LogP contribution in [0.1, 0.15) is 23.7 Å². The highest BCUT2D eigenvalue weighted by Gasteiger charge is 2.26. The van der Waals surface area contributed by atoms with Gasteiger partial charge >= 0.3 is 0 Å². The minimum absolute atomic E-state index is 0.219. The number of nitrogen functional groups attached to an aromatic ring is 1. The smallest absolute Gasteiger partial charge is 0.250 e. The van der Waals surface area contributed by atoms with Crippen LogP contribution in [0.5, 0.6) is 0 Å². The van der Waals surface area contributed by atoms with Crippen molar-refractivity contribution < 1.29 is 9.53 Å². The molecule has 98 valence electrons. The first-order valence-electron chi connectivity index (χ1n) is 5.66. The summed E-state index contributed by atoms with van der Waals surface area (Å²) >= 11 is 5.15. The molecule has 0 saturated carbocycles. The quantitative estimate of drug-likeness (QED) is 0.834. The number of carbonyl (C=O) groups excluding carboxylic acids is 1. The summed E-state index contributed by atoms with van der Waals surface area (Å²) < 4.78 is 6.41. The van der Waals surface area contributed by atoms with E-state index >= 15 is 0 Å². The van der Waals surface area contributed by atoms with Crippen LogP contribution in [0.4, 0.5) is 5.69 Å². The molecule has 0 bridgehead atoms. The van der Waals surface area contributed by atoms with Gasteiger partial charge in [0.25, 0.3) is 5.91 Å². The molecule has 0 radical (unpaired) electrons. The van der Waals surface area contributed by atoms with Crippen molar-refractivity contribution in [3.05, 3.63) is 22.2 Å². The normalized spacial score (nSPS) is 23.2. The zero-order valence-electron chi connectivity index (χ0n) is 9.98. The monoisotopic (exact) mass is 330 g/mol. The lowest BCUT2D eigenvalue weighted by Gasteiger charge is -2.15. The predicted octanol–water partition coefficient (Wildman–Crippen LogP) is 2.40. The van der Waals surface area contributed by atoms with Crippen molar-refractivity contribution in [3.8, 4) is 0 Å². The average molecular weight is 331 g/mol. The molecule has 2 atom stereocenters. The lowest BCUT2D eigenvalue weighted by Crippen LogP contribution is -2.15. The first-order chi connectivity index (χ1) is 8.49. The molecule has 1 saturated heterocycles. The average Bonchev–Trinajstić information content (AvgIpc) is 2.67. The number of halogens is 1. The Labute approximate surface area is 119 Å². The molecule has 2 unspecified atom stereocenters. The summed E-state index contributed by atoms with van der Waals surface area (Å²) in [7, 11) is 0. The maximum Gasteiger partial charge on any atom is 0.250 e. The van der Waals surface area contributed by atoms with Gasteiger partial charge < -0.3 is 16.2 Å². The lowest BCUT2D eigenvalue weighted by atomic mass is 10.2. The number of thioether (sulfide) groups is 1. The van der Waals surface area contributed by atoms with Gasteiger partial charge in [0, 0.05) is 26.9 Å². The number of hydrogen-bond acceptors (Lipinski definition) is 4. The number of anilines is 1. The zero-order valence-corrected chi connectivity index (χ0v) is 12.4. The van der Waals surface area contributed by atoms with Crippen molar-refractivity contribution in [2.45, 2.75) is 29.6 Å². The molecule has 4 nitrogen and oxygen atoms in total. The van der Waals surface area contributed by atoms with Crippen LogP contribution in [0.3, 0.4) is 0 Å². The molecule has 18 heavy (non-hydrogen) atoms. The van der Waals surface area contributed by atoms with Gasteiger partial charge in [-0.1, -0.05) is 0 Å². The fourth-order valence-corrected chi connectivity index (χ4v) is 3.71. The van der Waals surface area contributed by atoms with Crippen LogP contribution in [0, 0.1) is 0 Å². The topological polar surface area (TPSA) is 78.3 Å². The number of rotatable bonds is 3. The van der Waals surface area contributed by atoms with Crippen molar-refractivity contribution in [1.82, 2.24) is 0 Å². The van der Waals surface area contributed by atoms with Gasteiger partial charge in [0.2, 0.25) is 0 Å². The third kappa shape index (κ3) is 2.81. The van der Waals surface area contributed by atoms with Crippen LogP contribution in [0.25, 0.3) is 0 Å². The summed E-state index contributed by atoms with van der Waals surface area (Å²) in [6.07, 6.45) is 1.23. The van der Waals surface area contributed by atoms with Crippen LogP contribution in [0.15, 0.2) is 21.5 Å². The van der Waals surface area contributed by atoms with Crippen molar-refractivity contribution >= 4 is 39.3 Å². The minimum Gasteiger partial charge on any atom is -0.398 e. The van der Waals surface area contributed by atoms with E-state index in [0.29, 0.717) is 16.5 Å². The van der Waals surface area contributed by atoms with Gasteiger partial charge in [-0.05, 0) is 41.4 Å². The molecule has 0 aliphatic carbocycles. The Bertz CT molecular complexity index is 481. The van der Waals surface area contributed by atoms with E-state index in [4.69, 9.17) is 16.2 Å². The molecule has 0 spiro atoms. The molecule has 6 heteroatoms. The van der Waals surface area contributed by atoms with Crippen molar-refractivity contribution in [3.63, 3.8) is 0 Å². The summed E-state index contributed by atoms with van der Waals surface area (Å²) in [5.74, 6) is -0.502. The maximum absolute atomic E-state index is 11.3. The molecule has 1 fully saturated rings. The Morgan fingerprint density at radius 2 is 2.28 bits per heavy atom. The number of carbonyl (C=O) groups is 1. The maximum atomic E-state index is 11.3. The Kier molecular flexibility index (Phi) is 4.19. The Morgan fingerprint density at radius 3 is 2.83 bits per heavy atom. The van der Waals surface area contributed by atoms with Crippen LogP contribution in [0.2, 0.25) is 0 Å². The van der Waals surface area contributed by atoms with E-state index in [0.717, 1.165) is 22.4 Å². The molecule has 1 amide bonds. The van der Waals surface area contributed by atoms with E-state index < -0.39 is 5.91 Å². The molecule has 4 N–H and O–H groups in total. The molecular formula is C12H15BrN2O2S. The summed E-state index contributed by atoms with van der Waals surface area (Å²) in [6.45, 7) is 2.85. The van der Waals surface area contributed by atoms with Crippen molar-refractivity contribution in [2.24, 2.45) is 5.73 Å². The molecule has 1 aromatic rings. The number of amides is 1. The van der Waals surface area contributed by atoms with Gasteiger partial charge in [-0.2, -0.15) is 0 Å². The molecule has 1 aliphatic heterocycles. The number of benzene rings is 1. The molecule has 0 aromatic heterocycles. The van der Waals surface area contributed by atoms with E-state index in [1.54, 1.807) is 23.9 Å². The van der Waals surface area contributed by atoms with Crippen LogP contribution >= 0.6 is 27.7 Å². The fraction of sp³-hybridized carbons (Fsp3) is 0.417. The molecule has 1 aromatic carbocycles. The van der Waals surface area contributed by atoms with E-state index in [-0.39, 0.29) is 6.10 Å². The minimum atomic E-state index is -0.502. The Balaban J connectivity index is 2.27. The van der Waals surface area contributed by atoms with Crippen LogP contribution in [-0.2, 0) is 4.74 Å². The van der Waals surface area contributed by atoms with Gasteiger partial charge in [-0.25, -0.2) is 0 Å². The SMILES string of the molecule is CC1OCCC1Sc1cc(C(N)=O)c(N)cc1Br. The second-order valence-corrected chi connectivity index (χ2v) is 6.39. The third-order valence-electron chi connectivity index (χ3n) is 2.95. The summed E-state index contributed by atoms with van der Waals surface area (Å²) in [6, 6.07) is 3.47. The number of primary amides is 1. The van der Waals surface area contributed by atoms with Crippen LogP contribution < -0.4 is 11.5 Å². The fourth-order valence-electron chi connectivity index (χ4n) is 1.90. The second kappa shape index (κ2) is 5.50. The van der Waals surface area contributed by atoms with E-state index in [1.165, 1.54) is 0 Å². The standard InChI is InChI=1S/C12H15BrN2O2S/c1-6-10(2-3-17-6)18-11-4-7(12(15)16)9(14)5-8(11)13/h4-6,10H,2-3,14H2,1H3,(H2,15,16). The van der Waals surface area contributed by atoms with Gasteiger partial charge in [-0.15, -0.1) is 11.8 Å². The van der Waals surface area contributed by atoms with Crippen LogP contribution in [-0.4, -0.2) is 23.9 Å². The Hall–Kier alpha value is -0.720. The van der Waals surface area contributed by atoms with Gasteiger partial charge in [0.05, 0.1) is 11.7 Å². The summed E-state index contributed by atoms with van der Waals surface area (Å²) in [5, 5.41) is 0.394. The van der Waals surface area contributed by atoms with Gasteiger partial charge in [0.1, 0.15) is 0 Å². The lowest BCUT2D eigenvalue weighted by molar-refractivity contribution is 0.100. The molecule has 2 rings (SSSR count). The second-order valence-electron chi connectivity index (χ2n) is 4.26. The summed E-state index contributed by atoms with van der Waals surface area (Å²) in [4.78, 5) is 12.3. The third-order valence-corrected chi connectivity index (χ3v) is 5.39. The van der Waals surface area contributed by atoms with Crippen molar-refractivity contribution in [2.75, 3.05) is 12.3 Å². The van der Waals surface area contributed by atoms with E-state index in [2.05, 4.69) is 22.9 Å². The highest BCUT2D eigenvalue weighted by molar-refractivity contribution is 9.10. The predicted molar refractivity (Wildman–Crippen MR) is 76.7 cm³/mol. The van der Waals surface area contributed by atoms with Gasteiger partial charge in [0.15, 0.2) is 0 Å². The van der Waals surface area contributed by atoms with Gasteiger partial charge in [-0.3, -0.25) is 4.79 Å². The molecular weight excluding hydrogens is 316 g/mol. The summed E-state index contributed by atoms with van der Waals surface area (Å²) in [5.41, 5.74) is 11.8. The highest BCUT2D eigenvalue weighted by Crippen LogP contribution is 2.38. The Morgan fingerprint density at radius 1 is 1.56 bits per heavy atom. The number of hydrogen-bond donors (Lipinski definition) is 2.